The molecule has 2 aromatic heterocycles. The van der Waals surface area contributed by atoms with Gasteiger partial charge in [-0.1, -0.05) is 0 Å². The molecule has 1 aliphatic heterocycles. The van der Waals surface area contributed by atoms with Crippen LogP contribution in [-0.2, 0) is 6.54 Å². The highest BCUT2D eigenvalue weighted by atomic mass is 32.1. The van der Waals surface area contributed by atoms with E-state index < -0.39 is 0 Å². The van der Waals surface area contributed by atoms with Crippen molar-refractivity contribution in [2.75, 3.05) is 6.54 Å². The topological polar surface area (TPSA) is 55.1 Å². The minimum atomic E-state index is 0.0605. The fourth-order valence-electron chi connectivity index (χ4n) is 1.57. The van der Waals surface area contributed by atoms with E-state index in [1.807, 2.05) is 12.1 Å². The second-order valence-corrected chi connectivity index (χ2v) is 4.38. The van der Waals surface area contributed by atoms with Crippen molar-refractivity contribution in [3.05, 3.63) is 29.0 Å². The summed E-state index contributed by atoms with van der Waals surface area (Å²) < 4.78 is 5.25. The first-order valence-electron chi connectivity index (χ1n) is 4.62. The van der Waals surface area contributed by atoms with Crippen LogP contribution in [0.4, 0.5) is 0 Å². The van der Waals surface area contributed by atoms with E-state index in [9.17, 15) is 4.79 Å². The Balaban J connectivity index is 2.09. The molecular weight excluding hydrogens is 212 g/mol. The summed E-state index contributed by atoms with van der Waals surface area (Å²) in [6, 6.07) is 3.66. The van der Waals surface area contributed by atoms with Crippen LogP contribution >= 0.6 is 11.3 Å². The predicted octanol–water partition coefficient (Wildman–Crippen LogP) is 1.69. The Morgan fingerprint density at radius 2 is 2.40 bits per heavy atom. The lowest BCUT2D eigenvalue weighted by molar-refractivity contribution is 0.0978. The second kappa shape index (κ2) is 3.29. The molecule has 0 spiro atoms. The van der Waals surface area contributed by atoms with Crippen molar-refractivity contribution in [1.82, 2.24) is 10.3 Å². The normalized spacial score (nSPS) is 15.3. The van der Waals surface area contributed by atoms with Gasteiger partial charge >= 0.3 is 0 Å². The monoisotopic (exact) mass is 220 g/mol. The van der Waals surface area contributed by atoms with Gasteiger partial charge in [0.1, 0.15) is 5.69 Å². The van der Waals surface area contributed by atoms with Crippen LogP contribution in [0.1, 0.15) is 15.4 Å². The van der Waals surface area contributed by atoms with Gasteiger partial charge in [-0.15, -0.1) is 11.3 Å². The standard InChI is InChI=1S/C10H8N2O2S/c13-6-4-11-5-8-9(6)12-10(15-8)7-2-1-3-14-7/h1-3,11H,4-5H2. The minimum Gasteiger partial charge on any atom is -0.462 e. The number of hydrogen-bond donors (Lipinski definition) is 1. The number of Topliss-reactive ketones (excluding diaryl/α,β-unsaturated/α-hetero) is 1. The molecule has 1 aliphatic rings. The molecule has 4 nitrogen and oxygen atoms in total. The lowest BCUT2D eigenvalue weighted by atomic mass is 10.2. The first-order valence-corrected chi connectivity index (χ1v) is 5.44. The summed E-state index contributed by atoms with van der Waals surface area (Å²) in [5.41, 5.74) is 0.602. The first kappa shape index (κ1) is 8.82. The average Bonchev–Trinajstić information content (AvgIpc) is 2.86. The largest absolute Gasteiger partial charge is 0.462 e. The van der Waals surface area contributed by atoms with E-state index in [0.717, 1.165) is 22.2 Å². The number of fused-ring (bicyclic) bond motifs is 1. The quantitative estimate of drug-likeness (QED) is 0.794. The Morgan fingerprint density at radius 3 is 3.13 bits per heavy atom. The summed E-state index contributed by atoms with van der Waals surface area (Å²) in [5.74, 6) is 0.785. The van der Waals surface area contributed by atoms with Gasteiger partial charge in [0, 0.05) is 6.54 Å². The van der Waals surface area contributed by atoms with Crippen LogP contribution in [0.3, 0.4) is 0 Å². The first-order chi connectivity index (χ1) is 7.34. The molecule has 5 heteroatoms. The predicted molar refractivity (Wildman–Crippen MR) is 55.9 cm³/mol. The highest BCUT2D eigenvalue weighted by molar-refractivity contribution is 7.15. The number of hydrogen-bond acceptors (Lipinski definition) is 5. The third-order valence-electron chi connectivity index (χ3n) is 2.26. The lowest BCUT2D eigenvalue weighted by Gasteiger charge is -2.08. The summed E-state index contributed by atoms with van der Waals surface area (Å²) in [7, 11) is 0. The van der Waals surface area contributed by atoms with Crippen molar-refractivity contribution in [3.63, 3.8) is 0 Å². The fourth-order valence-corrected chi connectivity index (χ4v) is 2.59. The van der Waals surface area contributed by atoms with Gasteiger partial charge < -0.3 is 9.73 Å². The van der Waals surface area contributed by atoms with Crippen LogP contribution in [0, 0.1) is 0 Å². The Morgan fingerprint density at radius 1 is 1.47 bits per heavy atom. The van der Waals surface area contributed by atoms with Crippen LogP contribution in [-0.4, -0.2) is 17.3 Å². The zero-order valence-corrected chi connectivity index (χ0v) is 8.63. The Bertz CT molecular complexity index is 501. The van der Waals surface area contributed by atoms with E-state index in [0.29, 0.717) is 12.2 Å². The maximum Gasteiger partial charge on any atom is 0.196 e. The number of rotatable bonds is 1. The van der Waals surface area contributed by atoms with E-state index in [1.54, 1.807) is 6.26 Å². The van der Waals surface area contributed by atoms with Crippen molar-refractivity contribution >= 4 is 17.1 Å². The number of aromatic nitrogens is 1. The summed E-state index contributed by atoms with van der Waals surface area (Å²) in [4.78, 5) is 16.8. The van der Waals surface area contributed by atoms with Gasteiger partial charge in [0.05, 0.1) is 17.7 Å². The van der Waals surface area contributed by atoms with Crippen LogP contribution in [0.25, 0.3) is 10.8 Å². The van der Waals surface area contributed by atoms with E-state index in [2.05, 4.69) is 10.3 Å². The van der Waals surface area contributed by atoms with Gasteiger partial charge in [0.2, 0.25) is 0 Å². The van der Waals surface area contributed by atoms with Crippen LogP contribution in [0.15, 0.2) is 22.8 Å². The lowest BCUT2D eigenvalue weighted by Crippen LogP contribution is -2.28. The number of nitrogens with one attached hydrogen (secondary N) is 1. The van der Waals surface area contributed by atoms with Gasteiger partial charge in [-0.3, -0.25) is 4.79 Å². The molecule has 0 aliphatic carbocycles. The molecule has 2 aromatic rings. The molecule has 15 heavy (non-hydrogen) atoms. The Kier molecular flexibility index (Phi) is 1.93. The van der Waals surface area contributed by atoms with Gasteiger partial charge in [0.15, 0.2) is 16.6 Å². The van der Waals surface area contributed by atoms with E-state index in [1.165, 1.54) is 11.3 Å². The molecule has 1 N–H and O–H groups in total. The highest BCUT2D eigenvalue weighted by Gasteiger charge is 2.22. The number of nitrogens with zero attached hydrogens (tertiary/aromatic N) is 1. The molecule has 0 bridgehead atoms. The Hall–Kier alpha value is -1.46. The van der Waals surface area contributed by atoms with E-state index in [-0.39, 0.29) is 5.78 Å². The van der Waals surface area contributed by atoms with Crippen LogP contribution in [0.2, 0.25) is 0 Å². The van der Waals surface area contributed by atoms with Gasteiger partial charge in [-0.25, -0.2) is 4.98 Å². The van der Waals surface area contributed by atoms with Gasteiger partial charge in [-0.05, 0) is 12.1 Å². The summed E-state index contributed by atoms with van der Waals surface area (Å²) in [6.07, 6.45) is 1.61. The average molecular weight is 220 g/mol. The zero-order chi connectivity index (χ0) is 10.3. The molecule has 0 saturated carbocycles. The van der Waals surface area contributed by atoms with Crippen molar-refractivity contribution in [3.8, 4) is 10.8 Å². The molecule has 0 aromatic carbocycles. The van der Waals surface area contributed by atoms with Crippen molar-refractivity contribution < 1.29 is 9.21 Å². The van der Waals surface area contributed by atoms with Crippen LogP contribution < -0.4 is 5.32 Å². The maximum absolute atomic E-state index is 11.5. The number of ketones is 1. The van der Waals surface area contributed by atoms with Crippen LogP contribution in [0.5, 0.6) is 0 Å². The molecule has 0 radical (unpaired) electrons. The third-order valence-corrected chi connectivity index (χ3v) is 3.33. The number of carbonyl (C=O) groups excluding carboxylic acids is 1. The maximum atomic E-state index is 11.5. The number of thiazole rings is 1. The summed E-state index contributed by atoms with van der Waals surface area (Å²) in [5, 5.41) is 3.82. The molecule has 0 unspecified atom stereocenters. The molecule has 76 valence electrons. The SMILES string of the molecule is O=C1CNCc2sc(-c3ccco3)nc21. The Labute approximate surface area is 89.9 Å². The molecule has 0 fully saturated rings. The van der Waals surface area contributed by atoms with E-state index >= 15 is 0 Å². The minimum absolute atomic E-state index is 0.0605. The third kappa shape index (κ3) is 1.40. The second-order valence-electron chi connectivity index (χ2n) is 3.29. The molecule has 0 amide bonds. The van der Waals surface area contributed by atoms with E-state index in [4.69, 9.17) is 4.42 Å². The van der Waals surface area contributed by atoms with Crippen molar-refractivity contribution in [2.45, 2.75) is 6.54 Å². The molecule has 3 rings (SSSR count). The number of furan rings is 1. The molecule has 0 saturated heterocycles. The molecular formula is C10H8N2O2S. The van der Waals surface area contributed by atoms with Crippen molar-refractivity contribution in [1.29, 1.82) is 0 Å². The molecule has 3 heterocycles. The van der Waals surface area contributed by atoms with Gasteiger partial charge in [-0.2, -0.15) is 0 Å². The van der Waals surface area contributed by atoms with Gasteiger partial charge in [0.25, 0.3) is 0 Å². The smallest absolute Gasteiger partial charge is 0.196 e. The summed E-state index contributed by atoms with van der Waals surface area (Å²) in [6.45, 7) is 1.10. The zero-order valence-electron chi connectivity index (χ0n) is 7.82. The molecule has 0 atom stereocenters. The summed E-state index contributed by atoms with van der Waals surface area (Å²) >= 11 is 1.51. The number of carbonyl (C=O) groups is 1. The fraction of sp³-hybridized carbons (Fsp3) is 0.200. The van der Waals surface area contributed by atoms with Crippen molar-refractivity contribution in [2.24, 2.45) is 0 Å². The highest BCUT2D eigenvalue weighted by Crippen LogP contribution is 2.29.